The Morgan fingerprint density at radius 1 is 0.737 bits per heavy atom. The minimum atomic E-state index is 1.30. The minimum Gasteiger partial charge on any atom is -0.0879 e. The van der Waals surface area contributed by atoms with Gasteiger partial charge in [0.05, 0.1) is 0 Å². The Balaban J connectivity index is 1.68. The Labute approximate surface area is 122 Å². The molecule has 111 valence electrons. The van der Waals surface area contributed by atoms with Gasteiger partial charge in [-0.3, -0.25) is 0 Å². The molecule has 0 spiro atoms. The molecule has 0 saturated heterocycles. The van der Waals surface area contributed by atoms with Crippen LogP contribution >= 0.6 is 0 Å². The second kappa shape index (κ2) is 12.8. The van der Waals surface area contributed by atoms with E-state index in [1.165, 1.54) is 96.3 Å². The summed E-state index contributed by atoms with van der Waals surface area (Å²) in [5, 5.41) is 0. The monoisotopic (exact) mass is 263 g/mol. The van der Waals surface area contributed by atoms with Crippen LogP contribution in [0.3, 0.4) is 0 Å². The maximum atomic E-state index is 2.36. The molecule has 0 N–H and O–H groups in total. The number of unbranched alkanes of at least 4 members (excludes halogenated alkanes) is 11. The standard InChI is InChI=1S/C19H35/c1-2-3-4-5-6-7-8-9-10-11-12-13-16-19-17-14-15-18-19/h14,17H,2-13,15-16,18H2,1H3. The molecule has 0 unspecified atom stereocenters. The summed E-state index contributed by atoms with van der Waals surface area (Å²) < 4.78 is 0. The highest BCUT2D eigenvalue weighted by atomic mass is 14.1. The minimum absolute atomic E-state index is 1.30. The highest BCUT2D eigenvalue weighted by Gasteiger charge is 2.08. The van der Waals surface area contributed by atoms with E-state index in [0.717, 1.165) is 0 Å². The first kappa shape index (κ1) is 16.8. The lowest BCUT2D eigenvalue weighted by Crippen LogP contribution is -1.89. The lowest BCUT2D eigenvalue weighted by atomic mass is 9.99. The molecule has 0 nitrogen and oxygen atoms in total. The van der Waals surface area contributed by atoms with Gasteiger partial charge in [0, 0.05) is 0 Å². The number of hydrogen-bond donors (Lipinski definition) is 0. The molecule has 0 atom stereocenters. The SMILES string of the molecule is CCCCCCCCCCCCCC[C]1C=CCC1. The van der Waals surface area contributed by atoms with E-state index < -0.39 is 0 Å². The van der Waals surface area contributed by atoms with Crippen LogP contribution in [-0.4, -0.2) is 0 Å². The van der Waals surface area contributed by atoms with E-state index in [2.05, 4.69) is 19.1 Å². The van der Waals surface area contributed by atoms with Crippen molar-refractivity contribution >= 4 is 0 Å². The van der Waals surface area contributed by atoms with Gasteiger partial charge in [0.25, 0.3) is 0 Å². The zero-order chi connectivity index (χ0) is 13.6. The van der Waals surface area contributed by atoms with Crippen molar-refractivity contribution in [2.24, 2.45) is 0 Å². The summed E-state index contributed by atoms with van der Waals surface area (Å²) in [6, 6.07) is 0. The molecule has 0 aromatic rings. The fourth-order valence-electron chi connectivity index (χ4n) is 3.00. The molecule has 1 rings (SSSR count). The van der Waals surface area contributed by atoms with Crippen LogP contribution in [-0.2, 0) is 0 Å². The van der Waals surface area contributed by atoms with Crippen LogP contribution < -0.4 is 0 Å². The predicted molar refractivity (Wildman–Crippen MR) is 87.3 cm³/mol. The van der Waals surface area contributed by atoms with Gasteiger partial charge in [0.15, 0.2) is 0 Å². The van der Waals surface area contributed by atoms with Crippen molar-refractivity contribution in [2.75, 3.05) is 0 Å². The first-order chi connectivity index (χ1) is 9.43. The molecular weight excluding hydrogens is 228 g/mol. The number of hydrogen-bond acceptors (Lipinski definition) is 0. The largest absolute Gasteiger partial charge is 0.0879 e. The van der Waals surface area contributed by atoms with Crippen molar-refractivity contribution in [3.8, 4) is 0 Å². The maximum absolute atomic E-state index is 2.36. The molecule has 0 bridgehead atoms. The van der Waals surface area contributed by atoms with Gasteiger partial charge in [-0.1, -0.05) is 96.1 Å². The fraction of sp³-hybridized carbons (Fsp3) is 0.842. The van der Waals surface area contributed by atoms with Gasteiger partial charge in [0.1, 0.15) is 0 Å². The Kier molecular flexibility index (Phi) is 11.3. The predicted octanol–water partition coefficient (Wildman–Crippen LogP) is 7.00. The normalized spacial score (nSPS) is 15.4. The molecule has 0 fully saturated rings. The molecule has 0 aromatic heterocycles. The first-order valence-corrected chi connectivity index (χ1v) is 8.94. The number of allylic oxidation sites excluding steroid dienone is 2. The average molecular weight is 263 g/mol. The number of rotatable bonds is 13. The van der Waals surface area contributed by atoms with Crippen molar-refractivity contribution in [3.63, 3.8) is 0 Å². The Bertz CT molecular complexity index is 204. The third-order valence-corrected chi connectivity index (χ3v) is 4.34. The van der Waals surface area contributed by atoms with Gasteiger partial charge in [-0.2, -0.15) is 0 Å². The molecule has 1 aliphatic rings. The summed E-state index contributed by atoms with van der Waals surface area (Å²) in [6.07, 6.45) is 26.2. The maximum Gasteiger partial charge on any atom is -0.00243 e. The van der Waals surface area contributed by atoms with Crippen molar-refractivity contribution in [2.45, 2.75) is 103 Å². The van der Waals surface area contributed by atoms with Crippen LogP contribution in [0.15, 0.2) is 12.2 Å². The van der Waals surface area contributed by atoms with E-state index in [-0.39, 0.29) is 0 Å². The third kappa shape index (κ3) is 10.2. The molecule has 0 aromatic carbocycles. The van der Waals surface area contributed by atoms with Crippen LogP contribution in [0.2, 0.25) is 0 Å². The van der Waals surface area contributed by atoms with Crippen molar-refractivity contribution < 1.29 is 0 Å². The molecule has 0 saturated carbocycles. The quantitative estimate of drug-likeness (QED) is 0.314. The van der Waals surface area contributed by atoms with Crippen LogP contribution in [0.25, 0.3) is 0 Å². The zero-order valence-electron chi connectivity index (χ0n) is 13.3. The summed E-state index contributed by atoms with van der Waals surface area (Å²) in [6.45, 7) is 2.29. The van der Waals surface area contributed by atoms with E-state index in [9.17, 15) is 0 Å². The van der Waals surface area contributed by atoms with E-state index in [4.69, 9.17) is 0 Å². The molecule has 0 heterocycles. The summed E-state index contributed by atoms with van der Waals surface area (Å²) in [7, 11) is 0. The molecule has 1 aliphatic carbocycles. The first-order valence-electron chi connectivity index (χ1n) is 8.94. The van der Waals surface area contributed by atoms with E-state index >= 15 is 0 Å². The van der Waals surface area contributed by atoms with Crippen LogP contribution in [0.5, 0.6) is 0 Å². The van der Waals surface area contributed by atoms with E-state index in [1.807, 2.05) is 0 Å². The van der Waals surface area contributed by atoms with Crippen LogP contribution in [0.4, 0.5) is 0 Å². The van der Waals surface area contributed by atoms with Gasteiger partial charge < -0.3 is 0 Å². The lowest BCUT2D eigenvalue weighted by molar-refractivity contribution is 0.541. The van der Waals surface area contributed by atoms with Gasteiger partial charge in [-0.05, 0) is 25.2 Å². The van der Waals surface area contributed by atoms with Gasteiger partial charge in [-0.25, -0.2) is 0 Å². The highest BCUT2D eigenvalue weighted by Crippen LogP contribution is 2.25. The van der Waals surface area contributed by atoms with Crippen LogP contribution in [0.1, 0.15) is 103 Å². The highest BCUT2D eigenvalue weighted by molar-refractivity contribution is 5.15. The van der Waals surface area contributed by atoms with Crippen molar-refractivity contribution in [1.29, 1.82) is 0 Å². The molecule has 0 heteroatoms. The summed E-state index contributed by atoms with van der Waals surface area (Å²) in [4.78, 5) is 0. The van der Waals surface area contributed by atoms with Gasteiger partial charge in [-0.15, -0.1) is 0 Å². The molecule has 0 aliphatic heterocycles. The van der Waals surface area contributed by atoms with Crippen LogP contribution in [0, 0.1) is 5.92 Å². The van der Waals surface area contributed by atoms with E-state index in [0.29, 0.717) is 0 Å². The smallest absolute Gasteiger partial charge is 0.00243 e. The van der Waals surface area contributed by atoms with Crippen molar-refractivity contribution in [3.05, 3.63) is 18.1 Å². The Hall–Kier alpha value is -0.260. The van der Waals surface area contributed by atoms with Gasteiger partial charge in [0.2, 0.25) is 0 Å². The van der Waals surface area contributed by atoms with Crippen molar-refractivity contribution in [1.82, 2.24) is 0 Å². The summed E-state index contributed by atoms with van der Waals surface area (Å²) >= 11 is 0. The lowest BCUT2D eigenvalue weighted by Gasteiger charge is -2.06. The van der Waals surface area contributed by atoms with E-state index in [1.54, 1.807) is 5.92 Å². The fourth-order valence-corrected chi connectivity index (χ4v) is 3.00. The topological polar surface area (TPSA) is 0 Å². The van der Waals surface area contributed by atoms with Gasteiger partial charge >= 0.3 is 0 Å². The average Bonchev–Trinajstić information content (AvgIpc) is 2.93. The zero-order valence-corrected chi connectivity index (χ0v) is 13.3. The second-order valence-corrected chi connectivity index (χ2v) is 6.24. The Morgan fingerprint density at radius 3 is 1.74 bits per heavy atom. The summed E-state index contributed by atoms with van der Waals surface area (Å²) in [5.74, 6) is 1.70. The molecule has 0 amide bonds. The second-order valence-electron chi connectivity index (χ2n) is 6.24. The third-order valence-electron chi connectivity index (χ3n) is 4.34. The molecule has 1 radical (unpaired) electrons. The Morgan fingerprint density at radius 2 is 1.26 bits per heavy atom. The molecular formula is C19H35. The molecule has 19 heavy (non-hydrogen) atoms. The summed E-state index contributed by atoms with van der Waals surface area (Å²) in [5.41, 5.74) is 0.